The van der Waals surface area contributed by atoms with Crippen molar-refractivity contribution in [3.63, 3.8) is 0 Å². The Morgan fingerprint density at radius 1 is 1.14 bits per heavy atom. The average molecular weight is 377 g/mol. The number of ether oxygens (including phenoxy) is 2. The van der Waals surface area contributed by atoms with Crippen LogP contribution in [0.4, 0.5) is 5.69 Å². The maximum Gasteiger partial charge on any atom is 0.330 e. The molecule has 144 valence electrons. The number of amides is 1. The number of hydrogen-bond donors (Lipinski definition) is 0. The van der Waals surface area contributed by atoms with Gasteiger partial charge in [-0.1, -0.05) is 36.4 Å². The standard InChI is InChI=1S/C23H23NO4/c1-3-28-22(25)14-11-20-16-18(15-17-7-5-4-6-8-17)23(26)24(20)19-9-12-21(27-2)13-10-19/h4-15,20H,3,16H2,1-2H3/b14-11+,18-15+. The summed E-state index contributed by atoms with van der Waals surface area (Å²) in [6, 6.07) is 16.8. The molecule has 0 radical (unpaired) electrons. The molecule has 28 heavy (non-hydrogen) atoms. The van der Waals surface area contributed by atoms with Crippen LogP contribution in [0, 0.1) is 0 Å². The van der Waals surface area contributed by atoms with Gasteiger partial charge in [0.15, 0.2) is 0 Å². The van der Waals surface area contributed by atoms with Gasteiger partial charge in [-0.2, -0.15) is 0 Å². The number of esters is 1. The van der Waals surface area contributed by atoms with E-state index >= 15 is 0 Å². The lowest BCUT2D eigenvalue weighted by Gasteiger charge is -2.22. The molecular formula is C23H23NO4. The Morgan fingerprint density at radius 2 is 1.86 bits per heavy atom. The van der Waals surface area contributed by atoms with E-state index in [-0.39, 0.29) is 11.9 Å². The molecule has 1 aliphatic heterocycles. The Morgan fingerprint density at radius 3 is 2.50 bits per heavy atom. The minimum atomic E-state index is -0.412. The number of nitrogens with zero attached hydrogens (tertiary/aromatic N) is 1. The summed E-state index contributed by atoms with van der Waals surface area (Å²) in [5.74, 6) is 0.228. The fourth-order valence-corrected chi connectivity index (χ4v) is 3.17. The lowest BCUT2D eigenvalue weighted by Crippen LogP contribution is -2.31. The molecule has 5 nitrogen and oxygen atoms in total. The third-order valence-electron chi connectivity index (χ3n) is 4.49. The van der Waals surface area contributed by atoms with Crippen LogP contribution in [0.2, 0.25) is 0 Å². The van der Waals surface area contributed by atoms with Crippen molar-refractivity contribution in [2.75, 3.05) is 18.6 Å². The predicted molar refractivity (Wildman–Crippen MR) is 109 cm³/mol. The smallest absolute Gasteiger partial charge is 0.330 e. The van der Waals surface area contributed by atoms with E-state index in [4.69, 9.17) is 9.47 Å². The summed E-state index contributed by atoms with van der Waals surface area (Å²) in [6.07, 6.45) is 5.53. The number of anilines is 1. The monoisotopic (exact) mass is 377 g/mol. The first-order chi connectivity index (χ1) is 13.6. The van der Waals surface area contributed by atoms with Crippen molar-refractivity contribution in [3.05, 3.63) is 77.9 Å². The summed E-state index contributed by atoms with van der Waals surface area (Å²) < 4.78 is 10.2. The third kappa shape index (κ3) is 4.49. The van der Waals surface area contributed by atoms with E-state index in [1.165, 1.54) is 6.08 Å². The molecule has 3 rings (SSSR count). The van der Waals surface area contributed by atoms with Gasteiger partial charge in [-0.05, 0) is 42.8 Å². The summed E-state index contributed by atoms with van der Waals surface area (Å²) in [7, 11) is 1.60. The van der Waals surface area contributed by atoms with Gasteiger partial charge in [0.05, 0.1) is 19.8 Å². The maximum atomic E-state index is 13.1. The van der Waals surface area contributed by atoms with E-state index in [2.05, 4.69) is 0 Å². The zero-order chi connectivity index (χ0) is 19.9. The van der Waals surface area contributed by atoms with E-state index in [0.717, 1.165) is 11.3 Å². The van der Waals surface area contributed by atoms with E-state index in [0.29, 0.717) is 24.4 Å². The normalized spacial score (nSPS) is 18.1. The molecule has 0 aliphatic carbocycles. The molecule has 0 spiro atoms. The molecule has 1 atom stereocenters. The molecule has 1 saturated heterocycles. The van der Waals surface area contributed by atoms with Gasteiger partial charge in [0, 0.05) is 23.8 Å². The second kappa shape index (κ2) is 9.04. The van der Waals surface area contributed by atoms with Crippen LogP contribution >= 0.6 is 0 Å². The average Bonchev–Trinajstić information content (AvgIpc) is 3.03. The molecule has 1 fully saturated rings. The fourth-order valence-electron chi connectivity index (χ4n) is 3.17. The first-order valence-corrected chi connectivity index (χ1v) is 9.20. The predicted octanol–water partition coefficient (Wildman–Crippen LogP) is 4.00. The molecule has 2 aromatic rings. The van der Waals surface area contributed by atoms with Crippen LogP contribution in [0.1, 0.15) is 18.9 Å². The molecule has 1 amide bonds. The van der Waals surface area contributed by atoms with Crippen LogP contribution in [0.15, 0.2) is 72.3 Å². The van der Waals surface area contributed by atoms with E-state index < -0.39 is 5.97 Å². The van der Waals surface area contributed by atoms with Crippen molar-refractivity contribution < 1.29 is 19.1 Å². The SMILES string of the molecule is CCOC(=O)/C=C/C1C/C(=C\c2ccccc2)C(=O)N1c1ccc(OC)cc1. The van der Waals surface area contributed by atoms with Crippen molar-refractivity contribution >= 4 is 23.6 Å². The van der Waals surface area contributed by atoms with Crippen molar-refractivity contribution in [3.8, 4) is 5.75 Å². The summed E-state index contributed by atoms with van der Waals surface area (Å²) in [5.41, 5.74) is 2.41. The highest BCUT2D eigenvalue weighted by Crippen LogP contribution is 2.33. The topological polar surface area (TPSA) is 55.8 Å². The molecule has 1 unspecified atom stereocenters. The van der Waals surface area contributed by atoms with Crippen LogP contribution in [0.5, 0.6) is 5.75 Å². The molecule has 2 aromatic carbocycles. The second-order valence-electron chi connectivity index (χ2n) is 6.34. The van der Waals surface area contributed by atoms with Crippen LogP contribution in [-0.4, -0.2) is 31.6 Å². The number of carbonyl (C=O) groups is 2. The molecular weight excluding hydrogens is 354 g/mol. The summed E-state index contributed by atoms with van der Waals surface area (Å²) in [5, 5.41) is 0. The molecule has 0 saturated carbocycles. The fraction of sp³-hybridized carbons (Fsp3) is 0.217. The largest absolute Gasteiger partial charge is 0.497 e. The summed E-state index contributed by atoms with van der Waals surface area (Å²) >= 11 is 0. The van der Waals surface area contributed by atoms with Crippen molar-refractivity contribution in [1.82, 2.24) is 0 Å². The van der Waals surface area contributed by atoms with Gasteiger partial charge in [-0.15, -0.1) is 0 Å². The molecule has 0 aromatic heterocycles. The number of methoxy groups -OCH3 is 1. The number of carbonyl (C=O) groups excluding carboxylic acids is 2. The first kappa shape index (κ1) is 19.4. The highest BCUT2D eigenvalue weighted by molar-refractivity contribution is 6.12. The Hall–Kier alpha value is -3.34. The summed E-state index contributed by atoms with van der Waals surface area (Å²) in [6.45, 7) is 2.07. The van der Waals surface area contributed by atoms with E-state index in [9.17, 15) is 9.59 Å². The lowest BCUT2D eigenvalue weighted by molar-refractivity contribution is -0.137. The number of hydrogen-bond acceptors (Lipinski definition) is 4. The van der Waals surface area contributed by atoms with Crippen LogP contribution in [-0.2, 0) is 14.3 Å². The molecule has 5 heteroatoms. The van der Waals surface area contributed by atoms with Crippen molar-refractivity contribution in [1.29, 1.82) is 0 Å². The lowest BCUT2D eigenvalue weighted by atomic mass is 10.1. The van der Waals surface area contributed by atoms with Crippen molar-refractivity contribution in [2.45, 2.75) is 19.4 Å². The highest BCUT2D eigenvalue weighted by atomic mass is 16.5. The number of benzene rings is 2. The van der Waals surface area contributed by atoms with Crippen LogP contribution in [0.3, 0.4) is 0 Å². The van der Waals surface area contributed by atoms with Gasteiger partial charge >= 0.3 is 5.97 Å². The maximum absolute atomic E-state index is 13.1. The Labute approximate surface area is 164 Å². The van der Waals surface area contributed by atoms with Crippen molar-refractivity contribution in [2.24, 2.45) is 0 Å². The first-order valence-electron chi connectivity index (χ1n) is 9.20. The Kier molecular flexibility index (Phi) is 6.27. The zero-order valence-electron chi connectivity index (χ0n) is 16.0. The Bertz CT molecular complexity index is 885. The molecule has 0 N–H and O–H groups in total. The van der Waals surface area contributed by atoms with Gasteiger partial charge in [0.1, 0.15) is 5.75 Å². The molecule has 0 bridgehead atoms. The van der Waals surface area contributed by atoms with E-state index in [1.807, 2.05) is 60.7 Å². The number of rotatable bonds is 6. The quantitative estimate of drug-likeness (QED) is 0.564. The van der Waals surface area contributed by atoms with Gasteiger partial charge < -0.3 is 14.4 Å². The minimum absolute atomic E-state index is 0.0764. The third-order valence-corrected chi connectivity index (χ3v) is 4.49. The van der Waals surface area contributed by atoms with Gasteiger partial charge in [0.2, 0.25) is 0 Å². The summed E-state index contributed by atoms with van der Waals surface area (Å²) in [4.78, 5) is 26.6. The minimum Gasteiger partial charge on any atom is -0.497 e. The zero-order valence-corrected chi connectivity index (χ0v) is 16.0. The molecule has 1 heterocycles. The van der Waals surface area contributed by atoms with E-state index in [1.54, 1.807) is 25.0 Å². The van der Waals surface area contributed by atoms with Gasteiger partial charge in [-0.25, -0.2) is 4.79 Å². The Balaban J connectivity index is 1.92. The van der Waals surface area contributed by atoms with Gasteiger partial charge in [-0.3, -0.25) is 4.79 Å². The second-order valence-corrected chi connectivity index (χ2v) is 6.34. The highest BCUT2D eigenvalue weighted by Gasteiger charge is 2.35. The molecule has 1 aliphatic rings. The van der Waals surface area contributed by atoms with Gasteiger partial charge in [0.25, 0.3) is 5.91 Å². The van der Waals surface area contributed by atoms with Crippen LogP contribution < -0.4 is 9.64 Å². The van der Waals surface area contributed by atoms with Crippen LogP contribution in [0.25, 0.3) is 6.08 Å².